The summed E-state index contributed by atoms with van der Waals surface area (Å²) < 4.78 is 30.6. The molecule has 4 atom stereocenters. The smallest absolute Gasteiger partial charge is 0.243 e. The number of hydrogen-bond acceptors (Lipinski definition) is 2. The highest BCUT2D eigenvalue weighted by molar-refractivity contribution is 4.93. The zero-order chi connectivity index (χ0) is 9.42. The van der Waals surface area contributed by atoms with Crippen LogP contribution < -0.4 is 5.73 Å². The third-order valence-corrected chi connectivity index (χ3v) is 3.30. The van der Waals surface area contributed by atoms with Crippen molar-refractivity contribution in [1.82, 2.24) is 0 Å². The van der Waals surface area contributed by atoms with Crippen LogP contribution in [0.25, 0.3) is 0 Å². The molecule has 2 aliphatic rings. The third kappa shape index (κ3) is 1.57. The van der Waals surface area contributed by atoms with Crippen molar-refractivity contribution in [2.24, 2.45) is 17.6 Å². The molecule has 0 saturated carbocycles. The number of alkyl halides is 2. The molecule has 2 bridgehead atoms. The lowest BCUT2D eigenvalue weighted by atomic mass is 9.80. The maximum Gasteiger partial charge on any atom is 0.243 e. The summed E-state index contributed by atoms with van der Waals surface area (Å²) in [5, 5.41) is 0. The average molecular weight is 191 g/mol. The molecule has 0 aliphatic carbocycles. The highest BCUT2D eigenvalue weighted by Crippen LogP contribution is 2.43. The van der Waals surface area contributed by atoms with Gasteiger partial charge in [0.1, 0.15) is 0 Å². The van der Waals surface area contributed by atoms with E-state index in [1.807, 2.05) is 0 Å². The van der Waals surface area contributed by atoms with E-state index in [1.54, 1.807) is 0 Å². The van der Waals surface area contributed by atoms with Gasteiger partial charge in [-0.3, -0.25) is 0 Å². The molecule has 2 N–H and O–H groups in total. The molecular formula is C9H15F2NO. The Labute approximate surface area is 76.4 Å². The molecule has 2 aliphatic heterocycles. The summed E-state index contributed by atoms with van der Waals surface area (Å²) in [6.07, 6.45) is 0.783. The Morgan fingerprint density at radius 1 is 1.38 bits per heavy atom. The van der Waals surface area contributed by atoms with Gasteiger partial charge in [-0.25, -0.2) is 8.78 Å². The number of ether oxygens (including phenoxy) is 1. The highest BCUT2D eigenvalue weighted by atomic mass is 19.3. The van der Waals surface area contributed by atoms with Gasteiger partial charge >= 0.3 is 0 Å². The summed E-state index contributed by atoms with van der Waals surface area (Å²) in [6.45, 7) is 0.0783. The van der Waals surface area contributed by atoms with E-state index in [2.05, 4.69) is 0 Å². The lowest BCUT2D eigenvalue weighted by molar-refractivity contribution is 0.0177. The quantitative estimate of drug-likeness (QED) is 0.731. The fourth-order valence-corrected chi connectivity index (χ4v) is 2.59. The van der Waals surface area contributed by atoms with Gasteiger partial charge in [-0.1, -0.05) is 0 Å². The second-order valence-corrected chi connectivity index (χ2v) is 4.01. The molecule has 76 valence electrons. The van der Waals surface area contributed by atoms with Gasteiger partial charge in [0.25, 0.3) is 0 Å². The zero-order valence-corrected chi connectivity index (χ0v) is 7.46. The van der Waals surface area contributed by atoms with E-state index in [4.69, 9.17) is 10.5 Å². The lowest BCUT2D eigenvalue weighted by Crippen LogP contribution is -2.35. The third-order valence-electron chi connectivity index (χ3n) is 3.30. The molecule has 2 heterocycles. The minimum atomic E-state index is -2.29. The maximum absolute atomic E-state index is 12.5. The lowest BCUT2D eigenvalue weighted by Gasteiger charge is -2.26. The van der Waals surface area contributed by atoms with Crippen molar-refractivity contribution in [2.45, 2.75) is 37.9 Å². The van der Waals surface area contributed by atoms with Crippen molar-refractivity contribution >= 4 is 0 Å². The molecule has 2 rings (SSSR count). The predicted molar refractivity (Wildman–Crippen MR) is 44.6 cm³/mol. The van der Waals surface area contributed by atoms with Crippen LogP contribution in [0.4, 0.5) is 8.78 Å². The molecule has 4 heteroatoms. The van der Waals surface area contributed by atoms with Crippen LogP contribution in [0.3, 0.4) is 0 Å². The zero-order valence-electron chi connectivity index (χ0n) is 7.46. The topological polar surface area (TPSA) is 35.2 Å². The molecule has 0 amide bonds. The normalized spacial score (nSPS) is 40.2. The predicted octanol–water partition coefficient (Wildman–Crippen LogP) is 1.39. The molecule has 2 fully saturated rings. The van der Waals surface area contributed by atoms with E-state index in [0.29, 0.717) is 0 Å². The van der Waals surface area contributed by atoms with E-state index in [0.717, 1.165) is 19.3 Å². The molecule has 0 aromatic rings. The molecule has 4 unspecified atom stereocenters. The summed E-state index contributed by atoms with van der Waals surface area (Å²) in [5.74, 6) is -0.654. The minimum absolute atomic E-state index is 0.00347. The molecule has 2 saturated heterocycles. The number of hydrogen-bond donors (Lipinski definition) is 1. The van der Waals surface area contributed by atoms with E-state index < -0.39 is 12.3 Å². The first-order chi connectivity index (χ1) is 6.22. The van der Waals surface area contributed by atoms with Gasteiger partial charge in [0, 0.05) is 12.5 Å². The van der Waals surface area contributed by atoms with Gasteiger partial charge in [0.15, 0.2) is 0 Å². The van der Waals surface area contributed by atoms with E-state index >= 15 is 0 Å². The number of halogens is 2. The summed E-state index contributed by atoms with van der Waals surface area (Å²) in [6, 6.07) is 0. The van der Waals surface area contributed by atoms with Crippen LogP contribution in [-0.2, 0) is 4.74 Å². The molecule has 13 heavy (non-hydrogen) atoms. The minimum Gasteiger partial charge on any atom is -0.375 e. The summed E-state index contributed by atoms with van der Waals surface area (Å²) >= 11 is 0. The number of fused-ring (bicyclic) bond motifs is 2. The van der Waals surface area contributed by atoms with E-state index in [-0.39, 0.29) is 24.7 Å². The second-order valence-electron chi connectivity index (χ2n) is 4.01. The monoisotopic (exact) mass is 191 g/mol. The Kier molecular flexibility index (Phi) is 2.51. The fourth-order valence-electron chi connectivity index (χ4n) is 2.59. The number of nitrogens with two attached hydrogens (primary N) is 1. The first-order valence-electron chi connectivity index (χ1n) is 4.86. The van der Waals surface area contributed by atoms with Crippen LogP contribution in [0.2, 0.25) is 0 Å². The Hall–Kier alpha value is -0.220. The molecule has 0 spiro atoms. The maximum atomic E-state index is 12.5. The Bertz CT molecular complexity index is 188. The van der Waals surface area contributed by atoms with E-state index in [9.17, 15) is 8.78 Å². The van der Waals surface area contributed by atoms with Gasteiger partial charge in [-0.05, 0) is 25.2 Å². The number of rotatable bonds is 3. The molecule has 2 nitrogen and oxygen atoms in total. The van der Waals surface area contributed by atoms with Gasteiger partial charge in [-0.2, -0.15) is 0 Å². The van der Waals surface area contributed by atoms with Crippen LogP contribution >= 0.6 is 0 Å². The summed E-state index contributed by atoms with van der Waals surface area (Å²) in [5.41, 5.74) is 5.35. The van der Waals surface area contributed by atoms with Crippen LogP contribution in [0.15, 0.2) is 0 Å². The van der Waals surface area contributed by atoms with E-state index in [1.165, 1.54) is 0 Å². The molecule has 0 radical (unpaired) electrons. The van der Waals surface area contributed by atoms with Crippen LogP contribution in [-0.4, -0.2) is 25.2 Å². The SMILES string of the molecule is NCC(C(F)F)C1CC2CCC1O2. The fraction of sp³-hybridized carbons (Fsp3) is 1.00. The molecular weight excluding hydrogens is 176 g/mol. The van der Waals surface area contributed by atoms with Gasteiger partial charge in [0.05, 0.1) is 12.2 Å². The highest BCUT2D eigenvalue weighted by Gasteiger charge is 2.46. The van der Waals surface area contributed by atoms with Gasteiger partial charge in [-0.15, -0.1) is 0 Å². The molecule has 0 aromatic heterocycles. The van der Waals surface area contributed by atoms with Crippen molar-refractivity contribution in [1.29, 1.82) is 0 Å². The van der Waals surface area contributed by atoms with Gasteiger partial charge in [0.2, 0.25) is 6.43 Å². The molecule has 0 aromatic carbocycles. The van der Waals surface area contributed by atoms with Crippen molar-refractivity contribution in [2.75, 3.05) is 6.54 Å². The Morgan fingerprint density at radius 3 is 2.54 bits per heavy atom. The Morgan fingerprint density at radius 2 is 2.15 bits per heavy atom. The first-order valence-corrected chi connectivity index (χ1v) is 4.86. The van der Waals surface area contributed by atoms with Crippen molar-refractivity contribution in [3.63, 3.8) is 0 Å². The summed E-state index contributed by atoms with van der Waals surface area (Å²) in [7, 11) is 0. The summed E-state index contributed by atoms with van der Waals surface area (Å²) in [4.78, 5) is 0. The van der Waals surface area contributed by atoms with Crippen molar-refractivity contribution < 1.29 is 13.5 Å². The Balaban J connectivity index is 2.00. The largest absolute Gasteiger partial charge is 0.375 e. The second kappa shape index (κ2) is 3.50. The standard InChI is InChI=1S/C9H15F2NO/c10-9(11)7(4-12)6-3-5-1-2-8(6)13-5/h5-9H,1-4,12H2. The van der Waals surface area contributed by atoms with Crippen LogP contribution in [0, 0.1) is 11.8 Å². The average Bonchev–Trinajstić information content (AvgIpc) is 2.65. The first kappa shape index (κ1) is 9.34. The van der Waals surface area contributed by atoms with Gasteiger partial charge < -0.3 is 10.5 Å². The van der Waals surface area contributed by atoms with Crippen LogP contribution in [0.5, 0.6) is 0 Å². The van der Waals surface area contributed by atoms with Crippen LogP contribution in [0.1, 0.15) is 19.3 Å². The van der Waals surface area contributed by atoms with Crippen molar-refractivity contribution in [3.8, 4) is 0 Å². The van der Waals surface area contributed by atoms with Crippen molar-refractivity contribution in [3.05, 3.63) is 0 Å².